The lowest BCUT2D eigenvalue weighted by Crippen LogP contribution is -2.05. The van der Waals surface area contributed by atoms with E-state index in [4.69, 9.17) is 28.9 Å². The Hall–Kier alpha value is -7.02. The van der Waals surface area contributed by atoms with E-state index in [-0.39, 0.29) is 0 Å². The van der Waals surface area contributed by atoms with Crippen molar-refractivity contribution in [1.82, 2.24) is 19.1 Å². The van der Waals surface area contributed by atoms with Crippen molar-refractivity contribution in [1.29, 1.82) is 0 Å². The van der Waals surface area contributed by atoms with Gasteiger partial charge in [-0.15, -0.1) is 0 Å². The molecule has 5 heterocycles. The van der Waals surface area contributed by atoms with E-state index in [0.29, 0.717) is 55.6 Å². The van der Waals surface area contributed by atoms with Crippen LogP contribution >= 0.6 is 31.9 Å². The molecule has 11 rings (SSSR count). The standard InChI is InChI=1S/C55H46Br2N6O4/c1-64-46-25-48(66-3)52-50(32-13-17-36(56)18-14-32)42-23-34-29-62(44-11-7-5-9-38(34)44)31-63-30-35(39-10-6-8-12-45(39)63)24-43-51(33-15-19-37(57)20-16-33)53-49(67-4)26-47(65-2)41(55(53)61-43)28-59-22-21-58-27-40(46)54(52)60-42/h5-20,25-30,60-61H,21-24,31H2,1-4H3. The van der Waals surface area contributed by atoms with Gasteiger partial charge >= 0.3 is 0 Å². The number of para-hydroxylation sites is 2. The molecule has 0 unspecified atom stereocenters. The fourth-order valence-corrected chi connectivity index (χ4v) is 10.5. The van der Waals surface area contributed by atoms with Gasteiger partial charge in [0.2, 0.25) is 0 Å². The van der Waals surface area contributed by atoms with Gasteiger partial charge in [-0.05, 0) is 58.7 Å². The van der Waals surface area contributed by atoms with Gasteiger partial charge in [0.05, 0.1) is 81.1 Å². The molecule has 4 aromatic heterocycles. The van der Waals surface area contributed by atoms with Crippen LogP contribution in [0, 0.1) is 0 Å². The summed E-state index contributed by atoms with van der Waals surface area (Å²) in [6.45, 7) is 1.48. The second-order valence-electron chi connectivity index (χ2n) is 16.7. The average Bonchev–Trinajstić information content (AvgIpc) is 4.11. The van der Waals surface area contributed by atoms with Gasteiger partial charge in [-0.25, -0.2) is 0 Å². The van der Waals surface area contributed by atoms with Crippen LogP contribution < -0.4 is 18.9 Å². The molecule has 0 spiro atoms. The summed E-state index contributed by atoms with van der Waals surface area (Å²) in [6.07, 6.45) is 9.69. The molecule has 67 heavy (non-hydrogen) atoms. The van der Waals surface area contributed by atoms with E-state index in [0.717, 1.165) is 86.6 Å². The Balaban J connectivity index is 1.16. The molecule has 8 bridgehead atoms. The molecule has 12 heteroatoms. The number of hydrogen-bond donors (Lipinski definition) is 2. The highest BCUT2D eigenvalue weighted by molar-refractivity contribution is 9.10. The maximum atomic E-state index is 6.15. The summed E-state index contributed by atoms with van der Waals surface area (Å²) in [5.41, 5.74) is 14.6. The molecule has 0 fully saturated rings. The molecule has 6 aromatic carbocycles. The van der Waals surface area contributed by atoms with Crippen LogP contribution in [0.1, 0.15) is 33.6 Å². The van der Waals surface area contributed by atoms with Gasteiger partial charge in [0.15, 0.2) is 0 Å². The summed E-state index contributed by atoms with van der Waals surface area (Å²) in [5.74, 6) is 2.73. The molecular weight excluding hydrogens is 968 g/mol. The zero-order valence-electron chi connectivity index (χ0n) is 37.4. The molecule has 10 aromatic rings. The van der Waals surface area contributed by atoms with E-state index >= 15 is 0 Å². The van der Waals surface area contributed by atoms with E-state index in [1.807, 2.05) is 24.6 Å². The summed E-state index contributed by atoms with van der Waals surface area (Å²) in [4.78, 5) is 17.7. The Morgan fingerprint density at radius 1 is 0.507 bits per heavy atom. The molecule has 2 N–H and O–H groups in total. The zero-order valence-corrected chi connectivity index (χ0v) is 40.6. The summed E-state index contributed by atoms with van der Waals surface area (Å²) in [5, 5.41) is 4.32. The van der Waals surface area contributed by atoms with Gasteiger partial charge in [-0.3, -0.25) is 9.98 Å². The molecule has 1 aliphatic rings. The number of aromatic nitrogens is 4. The minimum absolute atomic E-state index is 0.436. The highest BCUT2D eigenvalue weighted by atomic mass is 79.9. The van der Waals surface area contributed by atoms with Gasteiger partial charge in [0.25, 0.3) is 0 Å². The number of hydrogen-bond acceptors (Lipinski definition) is 6. The fourth-order valence-electron chi connectivity index (χ4n) is 9.97. The highest BCUT2D eigenvalue weighted by Crippen LogP contribution is 2.46. The molecule has 0 saturated heterocycles. The van der Waals surface area contributed by atoms with Crippen LogP contribution in [0.25, 0.3) is 65.9 Å². The van der Waals surface area contributed by atoms with E-state index in [2.05, 4.69) is 160 Å². The average molecular weight is 1010 g/mol. The third-order valence-electron chi connectivity index (χ3n) is 13.0. The van der Waals surface area contributed by atoms with Crippen molar-refractivity contribution in [3.05, 3.63) is 164 Å². The van der Waals surface area contributed by atoms with Crippen LogP contribution in [0.5, 0.6) is 23.0 Å². The van der Waals surface area contributed by atoms with Crippen molar-refractivity contribution in [2.45, 2.75) is 19.5 Å². The van der Waals surface area contributed by atoms with Gasteiger partial charge in [-0.2, -0.15) is 0 Å². The van der Waals surface area contributed by atoms with E-state index in [9.17, 15) is 0 Å². The van der Waals surface area contributed by atoms with Crippen LogP contribution in [-0.2, 0) is 19.5 Å². The van der Waals surface area contributed by atoms with E-state index < -0.39 is 0 Å². The van der Waals surface area contributed by atoms with Crippen LogP contribution in [0.2, 0.25) is 0 Å². The first-order valence-corrected chi connectivity index (χ1v) is 23.7. The Bertz CT molecular complexity index is 3340. The third-order valence-corrected chi connectivity index (χ3v) is 14.0. The van der Waals surface area contributed by atoms with Crippen molar-refractivity contribution in [3.8, 4) is 45.3 Å². The normalized spacial score (nSPS) is 13.1. The maximum Gasteiger partial charge on any atom is 0.133 e. The first kappa shape index (κ1) is 42.6. The molecule has 0 atom stereocenters. The Morgan fingerprint density at radius 3 is 1.31 bits per heavy atom. The van der Waals surface area contributed by atoms with Crippen LogP contribution in [0.3, 0.4) is 0 Å². The molecule has 334 valence electrons. The first-order chi connectivity index (χ1) is 32.8. The number of aliphatic imine (C=N–C) groups is 2. The van der Waals surface area contributed by atoms with Crippen molar-refractivity contribution in [2.24, 2.45) is 9.98 Å². The summed E-state index contributed by atoms with van der Waals surface area (Å²) in [6, 6.07) is 38.3. The Morgan fingerprint density at radius 2 is 0.910 bits per heavy atom. The predicted molar refractivity (Wildman–Crippen MR) is 279 cm³/mol. The number of H-pyrrole nitrogens is 2. The molecule has 0 aliphatic carbocycles. The SMILES string of the molecule is COc1cc(OC)c2c(-c3ccc(Br)cc3)c3[nH]c2c1C=NCCN=Cc1c(OC)cc(OC)c2c(-c4ccc(Br)cc4)c([nH]c12)Cc1cn(c2ccccc12)Cn1cc(c2ccccc21)C3. The Kier molecular flexibility index (Phi) is 11.2. The Labute approximate surface area is 404 Å². The smallest absolute Gasteiger partial charge is 0.133 e. The molecule has 1 aliphatic heterocycles. The highest BCUT2D eigenvalue weighted by Gasteiger charge is 2.26. The second-order valence-corrected chi connectivity index (χ2v) is 18.5. The van der Waals surface area contributed by atoms with Crippen molar-refractivity contribution in [2.75, 3.05) is 41.5 Å². The molecular formula is C55H46Br2N6O4. The van der Waals surface area contributed by atoms with Gasteiger partial charge in [-0.1, -0.05) is 92.5 Å². The number of ether oxygens (including phenoxy) is 4. The summed E-state index contributed by atoms with van der Waals surface area (Å²) in [7, 11) is 6.79. The maximum absolute atomic E-state index is 6.15. The number of rotatable bonds is 6. The lowest BCUT2D eigenvalue weighted by atomic mass is 9.97. The van der Waals surface area contributed by atoms with Crippen molar-refractivity contribution < 1.29 is 18.9 Å². The summed E-state index contributed by atoms with van der Waals surface area (Å²) < 4.78 is 31.1. The lowest BCUT2D eigenvalue weighted by molar-refractivity contribution is 0.397. The zero-order chi connectivity index (χ0) is 45.8. The second kappa shape index (κ2) is 17.7. The molecule has 0 saturated carbocycles. The predicted octanol–water partition coefficient (Wildman–Crippen LogP) is 13.0. The third kappa shape index (κ3) is 7.48. The van der Waals surface area contributed by atoms with Gasteiger partial charge in [0, 0.05) is 103 Å². The molecule has 0 amide bonds. The van der Waals surface area contributed by atoms with Crippen LogP contribution in [-0.4, -0.2) is 73.1 Å². The summed E-state index contributed by atoms with van der Waals surface area (Å²) >= 11 is 7.33. The number of fused-ring (bicyclic) bond motifs is 12. The number of benzene rings is 6. The largest absolute Gasteiger partial charge is 0.496 e. The van der Waals surface area contributed by atoms with Crippen molar-refractivity contribution in [3.63, 3.8) is 0 Å². The quantitative estimate of drug-likeness (QED) is 0.173. The monoisotopic (exact) mass is 1010 g/mol. The lowest BCUT2D eigenvalue weighted by Gasteiger charge is -2.12. The number of methoxy groups -OCH3 is 4. The fraction of sp³-hybridized carbons (Fsp3) is 0.164. The number of nitrogens with zero attached hydrogens (tertiary/aromatic N) is 4. The topological polar surface area (TPSA) is 103 Å². The molecule has 0 radical (unpaired) electrons. The van der Waals surface area contributed by atoms with E-state index in [1.54, 1.807) is 28.4 Å². The van der Waals surface area contributed by atoms with Crippen LogP contribution in [0.4, 0.5) is 0 Å². The van der Waals surface area contributed by atoms with Gasteiger partial charge in [0.1, 0.15) is 23.0 Å². The molecule has 10 nitrogen and oxygen atoms in total. The number of halogens is 2. The minimum Gasteiger partial charge on any atom is -0.496 e. The van der Waals surface area contributed by atoms with Crippen LogP contribution in [0.15, 0.2) is 141 Å². The van der Waals surface area contributed by atoms with Crippen molar-refractivity contribution >= 4 is 87.9 Å². The number of aromatic amines is 2. The van der Waals surface area contributed by atoms with E-state index in [1.165, 1.54) is 21.9 Å². The van der Waals surface area contributed by atoms with Gasteiger partial charge < -0.3 is 38.0 Å². The minimum atomic E-state index is 0.436. The number of nitrogens with one attached hydrogen (secondary N) is 2. The first-order valence-electron chi connectivity index (χ1n) is 22.1.